The zero-order valence-corrected chi connectivity index (χ0v) is 16.3. The first-order chi connectivity index (χ1) is 13.9. The highest BCUT2D eigenvalue weighted by molar-refractivity contribution is 7.99. The number of nitrogens with zero attached hydrogens (tertiary/aromatic N) is 3. The minimum atomic E-state index is -0.662. The van der Waals surface area contributed by atoms with Gasteiger partial charge in [0.25, 0.3) is 11.6 Å². The average molecular weight is 433 g/mol. The molecule has 0 saturated heterocycles. The molecule has 0 radical (unpaired) electrons. The maximum absolute atomic E-state index is 11.9. The van der Waals surface area contributed by atoms with Gasteiger partial charge < -0.3 is 10.1 Å². The molecule has 1 aromatic heterocycles. The van der Waals surface area contributed by atoms with E-state index in [2.05, 4.69) is 15.3 Å². The number of aromatic nitrogens is 2. The summed E-state index contributed by atoms with van der Waals surface area (Å²) in [5.74, 6) is -1.29. The Bertz CT molecular complexity index is 1090. The van der Waals surface area contributed by atoms with Gasteiger partial charge in [0.2, 0.25) is 0 Å². The van der Waals surface area contributed by atoms with Crippen LogP contribution in [0.2, 0.25) is 5.02 Å². The van der Waals surface area contributed by atoms with Gasteiger partial charge in [-0.15, -0.1) is 0 Å². The van der Waals surface area contributed by atoms with Gasteiger partial charge >= 0.3 is 5.97 Å². The van der Waals surface area contributed by atoms with Gasteiger partial charge in [-0.25, -0.2) is 4.98 Å². The van der Waals surface area contributed by atoms with Crippen molar-refractivity contribution in [1.82, 2.24) is 9.97 Å². The van der Waals surface area contributed by atoms with Crippen LogP contribution in [0, 0.1) is 10.1 Å². The molecule has 148 valence electrons. The van der Waals surface area contributed by atoms with E-state index >= 15 is 0 Å². The van der Waals surface area contributed by atoms with Crippen LogP contribution in [0.4, 0.5) is 11.4 Å². The van der Waals surface area contributed by atoms with E-state index in [1.165, 1.54) is 12.1 Å². The number of para-hydroxylation sites is 2. The summed E-state index contributed by atoms with van der Waals surface area (Å²) in [4.78, 5) is 42.6. The predicted octanol–water partition coefficient (Wildman–Crippen LogP) is 3.47. The molecule has 0 aliphatic carbocycles. The highest BCUT2D eigenvalue weighted by Crippen LogP contribution is 2.27. The Morgan fingerprint density at radius 2 is 1.97 bits per heavy atom. The second-order valence-electron chi connectivity index (χ2n) is 5.62. The third kappa shape index (κ3) is 5.62. The highest BCUT2D eigenvalue weighted by Gasteiger charge is 2.15. The fourth-order valence-electron chi connectivity index (χ4n) is 2.26. The van der Waals surface area contributed by atoms with Crippen molar-refractivity contribution >= 4 is 57.6 Å². The number of carbonyl (C=O) groups is 2. The first kappa shape index (κ1) is 20.5. The number of fused-ring (bicyclic) bond motifs is 1. The molecular weight excluding hydrogens is 420 g/mol. The lowest BCUT2D eigenvalue weighted by molar-refractivity contribution is -0.384. The molecule has 2 aromatic carbocycles. The van der Waals surface area contributed by atoms with E-state index in [4.69, 9.17) is 16.3 Å². The second-order valence-corrected chi connectivity index (χ2v) is 7.02. The molecule has 0 aliphatic heterocycles. The fourth-order valence-corrected chi connectivity index (χ4v) is 3.08. The van der Waals surface area contributed by atoms with E-state index in [9.17, 15) is 19.7 Å². The number of esters is 1. The number of benzene rings is 2. The maximum Gasteiger partial charge on any atom is 0.316 e. The summed E-state index contributed by atoms with van der Waals surface area (Å²) in [5, 5.41) is 13.8. The summed E-state index contributed by atoms with van der Waals surface area (Å²) >= 11 is 6.85. The molecular formula is C18H13ClN4O5S. The summed E-state index contributed by atoms with van der Waals surface area (Å²) in [5.41, 5.74) is 1.29. The van der Waals surface area contributed by atoms with Crippen LogP contribution in [0.1, 0.15) is 0 Å². The van der Waals surface area contributed by atoms with Gasteiger partial charge in [0.1, 0.15) is 10.0 Å². The van der Waals surface area contributed by atoms with Crippen molar-refractivity contribution in [2.75, 3.05) is 17.7 Å². The predicted molar refractivity (Wildman–Crippen MR) is 108 cm³/mol. The smallest absolute Gasteiger partial charge is 0.316 e. The molecule has 0 bridgehead atoms. The number of hydrogen-bond donors (Lipinski definition) is 1. The van der Waals surface area contributed by atoms with Gasteiger partial charge in [-0.1, -0.05) is 35.5 Å². The SMILES string of the molecule is O=C(COC(=O)CSc1cnc2ccccc2n1)Nc1ccc(Cl)c([N+](=O)[O-])c1. The van der Waals surface area contributed by atoms with Gasteiger partial charge in [-0.2, -0.15) is 0 Å². The minimum Gasteiger partial charge on any atom is -0.455 e. The first-order valence-electron chi connectivity index (χ1n) is 8.16. The molecule has 0 saturated carbocycles. The number of amides is 1. The lowest BCUT2D eigenvalue weighted by atomic mass is 10.3. The van der Waals surface area contributed by atoms with E-state index in [0.29, 0.717) is 10.5 Å². The quantitative estimate of drug-likeness (QED) is 0.260. The number of nitro groups is 1. The molecule has 1 N–H and O–H groups in total. The number of hydrogen-bond acceptors (Lipinski definition) is 8. The molecule has 9 nitrogen and oxygen atoms in total. The topological polar surface area (TPSA) is 124 Å². The Morgan fingerprint density at radius 1 is 1.21 bits per heavy atom. The molecule has 0 unspecified atom stereocenters. The maximum atomic E-state index is 11.9. The van der Waals surface area contributed by atoms with Gasteiger partial charge in [-0.3, -0.25) is 24.7 Å². The van der Waals surface area contributed by atoms with Gasteiger partial charge in [0.05, 0.1) is 27.9 Å². The van der Waals surface area contributed by atoms with Crippen LogP contribution in [0.5, 0.6) is 0 Å². The number of anilines is 1. The van der Waals surface area contributed by atoms with Crippen LogP contribution in [0.3, 0.4) is 0 Å². The van der Waals surface area contributed by atoms with E-state index in [1.54, 1.807) is 6.20 Å². The van der Waals surface area contributed by atoms with E-state index in [0.717, 1.165) is 23.3 Å². The Hall–Kier alpha value is -3.24. The monoisotopic (exact) mass is 432 g/mol. The Balaban J connectivity index is 1.48. The normalized spacial score (nSPS) is 10.5. The van der Waals surface area contributed by atoms with Gasteiger partial charge in [0.15, 0.2) is 6.61 Å². The number of ether oxygens (including phenoxy) is 1. The van der Waals surface area contributed by atoms with Crippen LogP contribution in [0.15, 0.2) is 53.7 Å². The summed E-state index contributed by atoms with van der Waals surface area (Å²) in [7, 11) is 0. The zero-order chi connectivity index (χ0) is 20.8. The standard InChI is InChI=1S/C18H13ClN4O5S/c19-12-6-5-11(7-15(12)23(26)27)21-16(24)9-28-18(25)10-29-17-8-20-13-3-1-2-4-14(13)22-17/h1-8H,9-10H2,(H,21,24). The molecule has 0 atom stereocenters. The van der Waals surface area contributed by atoms with Crippen molar-refractivity contribution in [3.63, 3.8) is 0 Å². The summed E-state index contributed by atoms with van der Waals surface area (Å²) in [6, 6.07) is 11.2. The summed E-state index contributed by atoms with van der Waals surface area (Å²) in [6.07, 6.45) is 1.56. The number of halogens is 1. The molecule has 1 heterocycles. The lowest BCUT2D eigenvalue weighted by Crippen LogP contribution is -2.21. The van der Waals surface area contributed by atoms with Gasteiger partial charge in [-0.05, 0) is 24.3 Å². The van der Waals surface area contributed by atoms with Crippen LogP contribution in [0.25, 0.3) is 11.0 Å². The highest BCUT2D eigenvalue weighted by atomic mass is 35.5. The van der Waals surface area contributed by atoms with Crippen LogP contribution >= 0.6 is 23.4 Å². The molecule has 11 heteroatoms. The lowest BCUT2D eigenvalue weighted by Gasteiger charge is -2.07. The van der Waals surface area contributed by atoms with Crippen molar-refractivity contribution in [1.29, 1.82) is 0 Å². The molecule has 0 spiro atoms. The third-order valence-corrected chi connectivity index (χ3v) is 4.75. The molecule has 1 amide bonds. The first-order valence-corrected chi connectivity index (χ1v) is 9.53. The number of rotatable bonds is 7. The number of nitrogens with one attached hydrogen (secondary N) is 1. The molecule has 3 rings (SSSR count). The van der Waals surface area contributed by atoms with Crippen molar-refractivity contribution in [2.24, 2.45) is 0 Å². The number of nitro benzene ring substituents is 1. The number of carbonyl (C=O) groups excluding carboxylic acids is 2. The van der Waals surface area contributed by atoms with Gasteiger partial charge in [0, 0.05) is 11.8 Å². The van der Waals surface area contributed by atoms with E-state index < -0.39 is 23.4 Å². The average Bonchev–Trinajstić information content (AvgIpc) is 2.71. The fraction of sp³-hybridized carbons (Fsp3) is 0.111. The third-order valence-electron chi connectivity index (χ3n) is 3.56. The Kier molecular flexibility index (Phi) is 6.57. The Labute approximate surface area is 173 Å². The van der Waals surface area contributed by atoms with Crippen molar-refractivity contribution in [3.8, 4) is 0 Å². The summed E-state index contributed by atoms with van der Waals surface area (Å²) in [6.45, 7) is -0.529. The zero-order valence-electron chi connectivity index (χ0n) is 14.7. The van der Waals surface area contributed by atoms with Crippen molar-refractivity contribution < 1.29 is 19.2 Å². The minimum absolute atomic E-state index is 0.0479. The Morgan fingerprint density at radius 3 is 2.72 bits per heavy atom. The molecule has 0 aliphatic rings. The molecule has 3 aromatic rings. The van der Waals surface area contributed by atoms with Crippen LogP contribution in [-0.4, -0.2) is 39.1 Å². The van der Waals surface area contributed by atoms with E-state index in [1.807, 2.05) is 24.3 Å². The second kappa shape index (κ2) is 9.30. The number of thioether (sulfide) groups is 1. The van der Waals surface area contributed by atoms with Crippen LogP contribution in [-0.2, 0) is 14.3 Å². The van der Waals surface area contributed by atoms with Crippen LogP contribution < -0.4 is 5.32 Å². The van der Waals surface area contributed by atoms with E-state index in [-0.39, 0.29) is 22.2 Å². The molecule has 0 fully saturated rings. The van der Waals surface area contributed by atoms with Crippen molar-refractivity contribution in [3.05, 3.63) is 63.8 Å². The summed E-state index contributed by atoms with van der Waals surface area (Å²) < 4.78 is 4.91. The van der Waals surface area contributed by atoms with Crippen molar-refractivity contribution in [2.45, 2.75) is 5.03 Å². The largest absolute Gasteiger partial charge is 0.455 e. The molecule has 29 heavy (non-hydrogen) atoms.